The zero-order valence-electron chi connectivity index (χ0n) is 8.26. The van der Waals surface area contributed by atoms with E-state index in [2.05, 4.69) is 5.32 Å². The summed E-state index contributed by atoms with van der Waals surface area (Å²) in [5.74, 6) is -0.998. The van der Waals surface area contributed by atoms with Crippen molar-refractivity contribution in [1.82, 2.24) is 5.32 Å². The van der Waals surface area contributed by atoms with Gasteiger partial charge < -0.3 is 10.4 Å². The fraction of sp³-hybridized carbons (Fsp3) is 0.455. The average molecular weight is 213 g/mol. The topological polar surface area (TPSA) is 32.3 Å². The van der Waals surface area contributed by atoms with Gasteiger partial charge in [-0.2, -0.15) is 0 Å². The summed E-state index contributed by atoms with van der Waals surface area (Å²) in [6, 6.07) is 2.27. The number of halogens is 2. The molecule has 2 nitrogen and oxygen atoms in total. The number of aliphatic hydroxyl groups excluding tert-OH is 1. The average Bonchev–Trinajstić information content (AvgIpc) is 2.58. The minimum Gasteiger partial charge on any atom is -0.395 e. The summed E-state index contributed by atoms with van der Waals surface area (Å²) >= 11 is 0. The number of benzene rings is 1. The summed E-state index contributed by atoms with van der Waals surface area (Å²) in [7, 11) is 0. The minimum absolute atomic E-state index is 0.0302. The van der Waals surface area contributed by atoms with Crippen LogP contribution in [0.2, 0.25) is 0 Å². The standard InChI is InChI=1S/C11H13F2NO/c12-7-5-9-8(10(13)6-7)1-2-11(9)14-3-4-15/h5-6,11,14-15H,1-4H2. The quantitative estimate of drug-likeness (QED) is 0.798. The molecule has 0 aliphatic heterocycles. The maximum Gasteiger partial charge on any atom is 0.129 e. The van der Waals surface area contributed by atoms with E-state index in [0.717, 1.165) is 12.5 Å². The molecule has 1 aromatic carbocycles. The lowest BCUT2D eigenvalue weighted by Gasteiger charge is -2.12. The molecule has 1 atom stereocenters. The third-order valence-corrected chi connectivity index (χ3v) is 2.76. The highest BCUT2D eigenvalue weighted by Crippen LogP contribution is 2.33. The molecule has 0 spiro atoms. The molecule has 0 saturated carbocycles. The van der Waals surface area contributed by atoms with Gasteiger partial charge in [-0.25, -0.2) is 8.78 Å². The lowest BCUT2D eigenvalue weighted by Crippen LogP contribution is -2.22. The summed E-state index contributed by atoms with van der Waals surface area (Å²) in [6.07, 6.45) is 1.39. The van der Waals surface area contributed by atoms with E-state index in [4.69, 9.17) is 5.11 Å². The third kappa shape index (κ3) is 2.01. The van der Waals surface area contributed by atoms with Crippen molar-refractivity contribution in [3.05, 3.63) is 34.9 Å². The molecule has 0 radical (unpaired) electrons. The van der Waals surface area contributed by atoms with Crippen molar-refractivity contribution < 1.29 is 13.9 Å². The van der Waals surface area contributed by atoms with Crippen LogP contribution in [0.3, 0.4) is 0 Å². The number of hydrogen-bond donors (Lipinski definition) is 2. The molecule has 0 amide bonds. The maximum absolute atomic E-state index is 13.3. The highest BCUT2D eigenvalue weighted by atomic mass is 19.1. The molecule has 2 N–H and O–H groups in total. The van der Waals surface area contributed by atoms with Gasteiger partial charge in [0.15, 0.2) is 0 Å². The summed E-state index contributed by atoms with van der Waals surface area (Å²) in [5.41, 5.74) is 1.30. The lowest BCUT2D eigenvalue weighted by molar-refractivity contribution is 0.284. The van der Waals surface area contributed by atoms with E-state index >= 15 is 0 Å². The Morgan fingerprint density at radius 1 is 1.40 bits per heavy atom. The number of nitrogens with one attached hydrogen (secondary N) is 1. The van der Waals surface area contributed by atoms with Gasteiger partial charge in [-0.3, -0.25) is 0 Å². The Balaban J connectivity index is 2.25. The van der Waals surface area contributed by atoms with Crippen molar-refractivity contribution in [3.63, 3.8) is 0 Å². The highest BCUT2D eigenvalue weighted by molar-refractivity contribution is 5.36. The Kier molecular flexibility index (Phi) is 2.98. The van der Waals surface area contributed by atoms with E-state index in [-0.39, 0.29) is 12.6 Å². The zero-order chi connectivity index (χ0) is 10.8. The molecule has 0 saturated heterocycles. The first-order valence-electron chi connectivity index (χ1n) is 5.04. The second kappa shape index (κ2) is 4.24. The zero-order valence-corrected chi connectivity index (χ0v) is 8.26. The van der Waals surface area contributed by atoms with Gasteiger partial charge in [0, 0.05) is 18.7 Å². The van der Waals surface area contributed by atoms with Gasteiger partial charge in [-0.05, 0) is 30.0 Å². The van der Waals surface area contributed by atoms with E-state index in [0.29, 0.717) is 24.1 Å². The van der Waals surface area contributed by atoms with E-state index in [1.807, 2.05) is 0 Å². The predicted octanol–water partition coefficient (Wildman–Crippen LogP) is 1.53. The Morgan fingerprint density at radius 3 is 2.93 bits per heavy atom. The number of hydrogen-bond acceptors (Lipinski definition) is 2. The lowest BCUT2D eigenvalue weighted by atomic mass is 10.1. The van der Waals surface area contributed by atoms with Gasteiger partial charge in [-0.15, -0.1) is 0 Å². The molecule has 0 aromatic heterocycles. The van der Waals surface area contributed by atoms with Crippen LogP contribution in [0.1, 0.15) is 23.6 Å². The summed E-state index contributed by atoms with van der Waals surface area (Å²) < 4.78 is 26.3. The molecular weight excluding hydrogens is 200 g/mol. The van der Waals surface area contributed by atoms with Crippen molar-refractivity contribution in [2.45, 2.75) is 18.9 Å². The number of rotatable bonds is 3. The first-order chi connectivity index (χ1) is 7.22. The molecule has 2 rings (SSSR count). The van der Waals surface area contributed by atoms with Crippen LogP contribution in [-0.4, -0.2) is 18.3 Å². The molecule has 0 fully saturated rings. The first kappa shape index (κ1) is 10.5. The number of aliphatic hydroxyl groups is 1. The second-order valence-corrected chi connectivity index (χ2v) is 3.72. The van der Waals surface area contributed by atoms with Gasteiger partial charge in [-0.1, -0.05) is 0 Å². The fourth-order valence-electron chi connectivity index (χ4n) is 2.09. The largest absolute Gasteiger partial charge is 0.395 e. The van der Waals surface area contributed by atoms with Crippen LogP contribution in [0.15, 0.2) is 12.1 Å². The predicted molar refractivity (Wildman–Crippen MR) is 52.5 cm³/mol. The molecule has 1 aliphatic rings. The fourth-order valence-corrected chi connectivity index (χ4v) is 2.09. The van der Waals surface area contributed by atoms with Gasteiger partial charge in [0.2, 0.25) is 0 Å². The van der Waals surface area contributed by atoms with Crippen molar-refractivity contribution >= 4 is 0 Å². The first-order valence-corrected chi connectivity index (χ1v) is 5.04. The van der Waals surface area contributed by atoms with Gasteiger partial charge in [0.05, 0.1) is 6.61 Å². The van der Waals surface area contributed by atoms with Gasteiger partial charge >= 0.3 is 0 Å². The van der Waals surface area contributed by atoms with E-state index in [1.165, 1.54) is 6.07 Å². The van der Waals surface area contributed by atoms with Crippen LogP contribution in [-0.2, 0) is 6.42 Å². The molecule has 1 unspecified atom stereocenters. The smallest absolute Gasteiger partial charge is 0.129 e. The normalized spacial score (nSPS) is 19.3. The summed E-state index contributed by atoms with van der Waals surface area (Å²) in [4.78, 5) is 0. The summed E-state index contributed by atoms with van der Waals surface area (Å²) in [6.45, 7) is 0.478. The van der Waals surface area contributed by atoms with Gasteiger partial charge in [0.25, 0.3) is 0 Å². The molecular formula is C11H13F2NO. The van der Waals surface area contributed by atoms with Crippen molar-refractivity contribution in [1.29, 1.82) is 0 Å². The van der Waals surface area contributed by atoms with E-state index in [9.17, 15) is 8.78 Å². The third-order valence-electron chi connectivity index (χ3n) is 2.76. The van der Waals surface area contributed by atoms with Crippen molar-refractivity contribution in [2.24, 2.45) is 0 Å². The van der Waals surface area contributed by atoms with Crippen LogP contribution in [0.5, 0.6) is 0 Å². The second-order valence-electron chi connectivity index (χ2n) is 3.72. The molecule has 0 heterocycles. The monoisotopic (exact) mass is 213 g/mol. The minimum atomic E-state index is -0.538. The molecule has 0 bridgehead atoms. The van der Waals surface area contributed by atoms with Crippen molar-refractivity contribution in [3.8, 4) is 0 Å². The Bertz CT molecular complexity index is 368. The van der Waals surface area contributed by atoms with E-state index in [1.54, 1.807) is 0 Å². The van der Waals surface area contributed by atoms with Crippen LogP contribution in [0, 0.1) is 11.6 Å². The number of fused-ring (bicyclic) bond motifs is 1. The van der Waals surface area contributed by atoms with Crippen LogP contribution in [0.4, 0.5) is 8.78 Å². The highest BCUT2D eigenvalue weighted by Gasteiger charge is 2.25. The molecule has 4 heteroatoms. The van der Waals surface area contributed by atoms with E-state index < -0.39 is 11.6 Å². The van der Waals surface area contributed by atoms with Crippen LogP contribution in [0.25, 0.3) is 0 Å². The molecule has 1 aromatic rings. The SMILES string of the molecule is OCCNC1CCc2c(F)cc(F)cc21. The Labute approximate surface area is 86.9 Å². The molecule has 15 heavy (non-hydrogen) atoms. The Morgan fingerprint density at radius 2 is 2.20 bits per heavy atom. The Hall–Kier alpha value is -1.00. The molecule has 82 valence electrons. The van der Waals surface area contributed by atoms with Gasteiger partial charge in [0.1, 0.15) is 11.6 Å². The van der Waals surface area contributed by atoms with Crippen LogP contribution >= 0.6 is 0 Å². The maximum atomic E-state index is 13.3. The molecule has 1 aliphatic carbocycles. The van der Waals surface area contributed by atoms with Crippen LogP contribution < -0.4 is 5.32 Å². The summed E-state index contributed by atoms with van der Waals surface area (Å²) in [5, 5.41) is 11.7. The van der Waals surface area contributed by atoms with Crippen molar-refractivity contribution in [2.75, 3.05) is 13.2 Å².